The maximum absolute atomic E-state index is 10.7. The summed E-state index contributed by atoms with van der Waals surface area (Å²) < 4.78 is 5.17. The van der Waals surface area contributed by atoms with Gasteiger partial charge in [0.25, 0.3) is 0 Å². The molecule has 1 atom stereocenters. The van der Waals surface area contributed by atoms with Crippen molar-refractivity contribution in [2.24, 2.45) is 5.73 Å². The van der Waals surface area contributed by atoms with Crippen molar-refractivity contribution in [1.82, 2.24) is 0 Å². The van der Waals surface area contributed by atoms with Gasteiger partial charge in [0.1, 0.15) is 23.6 Å². The second-order valence-electron chi connectivity index (χ2n) is 3.51. The lowest BCUT2D eigenvalue weighted by Gasteiger charge is -2.19. The summed E-state index contributed by atoms with van der Waals surface area (Å²) in [6.45, 7) is 1.24. The van der Waals surface area contributed by atoms with Crippen LogP contribution in [0.3, 0.4) is 0 Å². The van der Waals surface area contributed by atoms with E-state index in [-0.39, 0.29) is 12.4 Å². The van der Waals surface area contributed by atoms with Gasteiger partial charge < -0.3 is 20.7 Å². The minimum absolute atomic E-state index is 0.121. The monoisotopic (exact) mass is 211 g/mol. The molecule has 0 aliphatic carbocycles. The fraction of sp³-hybridized carbons (Fsp3) is 0.300. The molecule has 5 heteroatoms. The quantitative estimate of drug-likeness (QED) is 0.677. The number of benzene rings is 1. The predicted molar refractivity (Wildman–Crippen MR) is 53.8 cm³/mol. The molecule has 82 valence electrons. The van der Waals surface area contributed by atoms with Gasteiger partial charge >= 0.3 is 5.97 Å². The van der Waals surface area contributed by atoms with Gasteiger partial charge in [0.2, 0.25) is 0 Å². The molecule has 0 aliphatic heterocycles. The molecule has 1 aromatic carbocycles. The van der Waals surface area contributed by atoms with Crippen LogP contribution in [-0.4, -0.2) is 28.3 Å². The standard InChI is InChI=1S/C10H13NO4/c1-10(11,9(13)14)6-15-8-4-2-7(12)3-5-8/h2-5,12H,6,11H2,1H3,(H,13,14). The summed E-state index contributed by atoms with van der Waals surface area (Å²) in [6.07, 6.45) is 0. The largest absolute Gasteiger partial charge is 0.508 e. The van der Waals surface area contributed by atoms with E-state index in [9.17, 15) is 4.79 Å². The number of ether oxygens (including phenoxy) is 1. The molecule has 15 heavy (non-hydrogen) atoms. The van der Waals surface area contributed by atoms with Crippen molar-refractivity contribution in [3.63, 3.8) is 0 Å². The Hall–Kier alpha value is -1.75. The fourth-order valence-corrected chi connectivity index (χ4v) is 0.837. The van der Waals surface area contributed by atoms with Crippen LogP contribution in [0, 0.1) is 0 Å². The smallest absolute Gasteiger partial charge is 0.326 e. The highest BCUT2D eigenvalue weighted by Gasteiger charge is 2.28. The lowest BCUT2D eigenvalue weighted by atomic mass is 10.1. The Morgan fingerprint density at radius 1 is 1.47 bits per heavy atom. The summed E-state index contributed by atoms with van der Waals surface area (Å²) >= 11 is 0. The Morgan fingerprint density at radius 2 is 2.00 bits per heavy atom. The molecule has 1 rings (SSSR count). The van der Waals surface area contributed by atoms with Crippen LogP contribution in [0.5, 0.6) is 11.5 Å². The first-order chi connectivity index (χ1) is 6.92. The van der Waals surface area contributed by atoms with Crippen LogP contribution >= 0.6 is 0 Å². The molecule has 0 aliphatic rings. The molecule has 4 N–H and O–H groups in total. The Morgan fingerprint density at radius 3 is 2.47 bits per heavy atom. The average molecular weight is 211 g/mol. The zero-order valence-corrected chi connectivity index (χ0v) is 8.30. The zero-order valence-electron chi connectivity index (χ0n) is 8.30. The third kappa shape index (κ3) is 3.14. The summed E-state index contributed by atoms with van der Waals surface area (Å²) in [4.78, 5) is 10.7. The van der Waals surface area contributed by atoms with E-state index in [1.165, 1.54) is 31.2 Å². The maximum Gasteiger partial charge on any atom is 0.326 e. The predicted octanol–water partition coefficient (Wildman–Crippen LogP) is 0.573. The lowest BCUT2D eigenvalue weighted by molar-refractivity contribution is -0.143. The van der Waals surface area contributed by atoms with Crippen LogP contribution in [0.2, 0.25) is 0 Å². The highest BCUT2D eigenvalue weighted by Crippen LogP contribution is 2.16. The summed E-state index contributed by atoms with van der Waals surface area (Å²) in [7, 11) is 0. The van der Waals surface area contributed by atoms with Gasteiger partial charge in [-0.05, 0) is 31.2 Å². The number of carboxylic acid groups (broad SMARTS) is 1. The fourth-order valence-electron chi connectivity index (χ4n) is 0.837. The van der Waals surface area contributed by atoms with Crippen molar-refractivity contribution in [3.05, 3.63) is 24.3 Å². The number of carboxylic acids is 1. The van der Waals surface area contributed by atoms with E-state index in [1.54, 1.807) is 0 Å². The highest BCUT2D eigenvalue weighted by molar-refractivity contribution is 5.78. The van der Waals surface area contributed by atoms with Crippen LogP contribution in [0.25, 0.3) is 0 Å². The minimum Gasteiger partial charge on any atom is -0.508 e. The lowest BCUT2D eigenvalue weighted by Crippen LogP contribution is -2.49. The minimum atomic E-state index is -1.42. The molecular weight excluding hydrogens is 198 g/mol. The SMILES string of the molecule is CC(N)(COc1ccc(O)cc1)C(=O)O. The number of carbonyl (C=O) groups is 1. The number of hydrogen-bond donors (Lipinski definition) is 3. The number of hydrogen-bond acceptors (Lipinski definition) is 4. The van der Waals surface area contributed by atoms with E-state index in [4.69, 9.17) is 20.7 Å². The van der Waals surface area contributed by atoms with Gasteiger partial charge in [-0.2, -0.15) is 0 Å². The van der Waals surface area contributed by atoms with E-state index in [0.717, 1.165) is 0 Å². The van der Waals surface area contributed by atoms with Gasteiger partial charge in [0, 0.05) is 0 Å². The molecule has 0 radical (unpaired) electrons. The normalized spacial score (nSPS) is 14.3. The molecule has 0 saturated heterocycles. The van der Waals surface area contributed by atoms with Crippen LogP contribution in [0.1, 0.15) is 6.92 Å². The van der Waals surface area contributed by atoms with Crippen LogP contribution < -0.4 is 10.5 Å². The van der Waals surface area contributed by atoms with Crippen molar-refractivity contribution in [3.8, 4) is 11.5 Å². The molecule has 0 bridgehead atoms. The topological polar surface area (TPSA) is 92.8 Å². The second-order valence-corrected chi connectivity index (χ2v) is 3.51. The number of phenolic OH excluding ortho intramolecular Hbond substituents is 1. The Balaban J connectivity index is 2.57. The van der Waals surface area contributed by atoms with Gasteiger partial charge in [0.15, 0.2) is 0 Å². The van der Waals surface area contributed by atoms with Crippen molar-refractivity contribution in [2.75, 3.05) is 6.61 Å². The molecular formula is C10H13NO4. The number of nitrogens with two attached hydrogens (primary N) is 1. The Kier molecular flexibility index (Phi) is 3.16. The average Bonchev–Trinajstić information content (AvgIpc) is 2.17. The number of rotatable bonds is 4. The van der Waals surface area contributed by atoms with E-state index in [0.29, 0.717) is 5.75 Å². The third-order valence-electron chi connectivity index (χ3n) is 1.86. The van der Waals surface area contributed by atoms with Gasteiger partial charge in [-0.3, -0.25) is 4.79 Å². The highest BCUT2D eigenvalue weighted by atomic mass is 16.5. The van der Waals surface area contributed by atoms with Gasteiger partial charge in [-0.1, -0.05) is 0 Å². The van der Waals surface area contributed by atoms with E-state index < -0.39 is 11.5 Å². The van der Waals surface area contributed by atoms with Crippen LogP contribution in [-0.2, 0) is 4.79 Å². The van der Waals surface area contributed by atoms with Gasteiger partial charge in [-0.25, -0.2) is 0 Å². The summed E-state index contributed by atoms with van der Waals surface area (Å²) in [6, 6.07) is 5.97. The summed E-state index contributed by atoms with van der Waals surface area (Å²) in [5.74, 6) is -0.539. The summed E-state index contributed by atoms with van der Waals surface area (Å²) in [5, 5.41) is 17.7. The molecule has 0 saturated carbocycles. The van der Waals surface area contributed by atoms with E-state index in [1.807, 2.05) is 0 Å². The van der Waals surface area contributed by atoms with E-state index >= 15 is 0 Å². The third-order valence-corrected chi connectivity index (χ3v) is 1.86. The first-order valence-electron chi connectivity index (χ1n) is 4.36. The van der Waals surface area contributed by atoms with Gasteiger partial charge in [-0.15, -0.1) is 0 Å². The molecule has 1 unspecified atom stereocenters. The molecule has 1 aromatic rings. The molecule has 0 fully saturated rings. The first-order valence-corrected chi connectivity index (χ1v) is 4.36. The maximum atomic E-state index is 10.7. The van der Waals surface area contributed by atoms with Gasteiger partial charge in [0.05, 0.1) is 0 Å². The first kappa shape index (κ1) is 11.3. The molecule has 0 spiro atoms. The van der Waals surface area contributed by atoms with E-state index in [2.05, 4.69) is 0 Å². The second kappa shape index (κ2) is 4.18. The molecule has 0 aromatic heterocycles. The van der Waals surface area contributed by atoms with Crippen molar-refractivity contribution in [1.29, 1.82) is 0 Å². The molecule has 5 nitrogen and oxygen atoms in total. The molecule has 0 heterocycles. The summed E-state index contributed by atoms with van der Waals surface area (Å²) in [5.41, 5.74) is 4.04. The number of aromatic hydroxyl groups is 1. The van der Waals surface area contributed by atoms with Crippen molar-refractivity contribution in [2.45, 2.75) is 12.5 Å². The number of phenols is 1. The Bertz CT molecular complexity index is 345. The van der Waals surface area contributed by atoms with Crippen molar-refractivity contribution < 1.29 is 19.7 Å². The Labute approximate surface area is 87.1 Å². The molecule has 0 amide bonds. The van der Waals surface area contributed by atoms with Crippen LogP contribution in [0.15, 0.2) is 24.3 Å². The number of aliphatic carboxylic acids is 1. The zero-order chi connectivity index (χ0) is 11.5. The van der Waals surface area contributed by atoms with Crippen LogP contribution in [0.4, 0.5) is 0 Å². The van der Waals surface area contributed by atoms with Crippen molar-refractivity contribution >= 4 is 5.97 Å².